The van der Waals surface area contributed by atoms with Crippen LogP contribution in [0.25, 0.3) is 4.85 Å². The highest BCUT2D eigenvalue weighted by Gasteiger charge is 2.30. The molecule has 0 atom stereocenters. The second kappa shape index (κ2) is 9.69. The van der Waals surface area contributed by atoms with E-state index >= 15 is 0 Å². The van der Waals surface area contributed by atoms with Crippen molar-refractivity contribution in [3.05, 3.63) is 113 Å². The molecule has 3 aromatic rings. The first-order valence-electron chi connectivity index (χ1n) is 11.9. The van der Waals surface area contributed by atoms with Gasteiger partial charge in [-0.1, -0.05) is 84.4 Å². The Kier molecular flexibility index (Phi) is 6.34. The first-order valence-corrected chi connectivity index (χ1v) is 11.9. The molecule has 0 radical (unpaired) electrons. The van der Waals surface area contributed by atoms with Gasteiger partial charge in [-0.05, 0) is 42.4 Å². The lowest BCUT2D eigenvalue weighted by molar-refractivity contribution is 0.0954. The smallest absolute Gasteiger partial charge is 0.187 e. The molecule has 0 amide bonds. The summed E-state index contributed by atoms with van der Waals surface area (Å²) >= 11 is 0. The second-order valence-electron chi connectivity index (χ2n) is 9.09. The maximum atomic E-state index is 7.30. The van der Waals surface area contributed by atoms with Gasteiger partial charge in [-0.25, -0.2) is 4.85 Å². The van der Waals surface area contributed by atoms with Crippen LogP contribution in [-0.4, -0.2) is 42.0 Å². The summed E-state index contributed by atoms with van der Waals surface area (Å²) in [4.78, 5) is 9.02. The van der Waals surface area contributed by atoms with E-state index in [9.17, 15) is 0 Å². The molecule has 0 spiro atoms. The average molecular weight is 422 g/mol. The molecule has 2 aliphatic heterocycles. The molecular weight excluding hydrogens is 390 g/mol. The van der Waals surface area contributed by atoms with E-state index in [0.717, 1.165) is 44.7 Å². The van der Waals surface area contributed by atoms with Crippen LogP contribution in [0.15, 0.2) is 78.9 Å². The Labute approximate surface area is 192 Å². The number of likely N-dealkylation sites (tertiary alicyclic amines) is 1. The molecule has 0 aliphatic carbocycles. The van der Waals surface area contributed by atoms with Gasteiger partial charge in [-0.2, -0.15) is 0 Å². The number of fused-ring (bicyclic) bond motifs is 1. The Hall–Kier alpha value is -2.93. The Bertz CT molecular complexity index is 1020. The molecule has 1 saturated heterocycles. The molecule has 0 N–H and O–H groups in total. The van der Waals surface area contributed by atoms with Crippen LogP contribution in [0.1, 0.15) is 41.1 Å². The highest BCUT2D eigenvalue weighted by atomic mass is 15.2. The molecule has 2 heterocycles. The van der Waals surface area contributed by atoms with E-state index in [4.69, 9.17) is 6.57 Å². The Morgan fingerprint density at radius 2 is 1.31 bits per heavy atom. The molecular formula is C29H31N3. The van der Waals surface area contributed by atoms with Gasteiger partial charge in [-0.3, -0.25) is 9.80 Å². The number of benzene rings is 3. The highest BCUT2D eigenvalue weighted by Crippen LogP contribution is 2.32. The molecule has 0 unspecified atom stereocenters. The number of hydrogen-bond acceptors (Lipinski definition) is 2. The van der Waals surface area contributed by atoms with Gasteiger partial charge < -0.3 is 0 Å². The molecule has 0 saturated carbocycles. The summed E-state index contributed by atoms with van der Waals surface area (Å²) in [6, 6.07) is 29.2. The third kappa shape index (κ3) is 4.48. The third-order valence-electron chi connectivity index (χ3n) is 7.27. The van der Waals surface area contributed by atoms with Crippen LogP contribution in [0.3, 0.4) is 0 Å². The van der Waals surface area contributed by atoms with E-state index in [1.165, 1.54) is 35.1 Å². The van der Waals surface area contributed by atoms with Crippen molar-refractivity contribution in [2.75, 3.05) is 26.2 Å². The maximum Gasteiger partial charge on any atom is 0.187 e. The molecule has 162 valence electrons. The fourth-order valence-corrected chi connectivity index (χ4v) is 5.56. The van der Waals surface area contributed by atoms with Gasteiger partial charge in [-0.15, -0.1) is 0 Å². The lowest BCUT2D eigenvalue weighted by atomic mass is 9.93. The average Bonchev–Trinajstić information content (AvgIpc) is 3.08. The zero-order chi connectivity index (χ0) is 21.8. The normalized spacial score (nSPS) is 18.1. The topological polar surface area (TPSA) is 10.8 Å². The van der Waals surface area contributed by atoms with Crippen LogP contribution in [0, 0.1) is 6.57 Å². The first kappa shape index (κ1) is 20.9. The zero-order valence-corrected chi connectivity index (χ0v) is 18.7. The van der Waals surface area contributed by atoms with Crippen molar-refractivity contribution < 1.29 is 0 Å². The van der Waals surface area contributed by atoms with Crippen molar-refractivity contribution in [2.45, 2.75) is 37.8 Å². The Morgan fingerprint density at radius 3 is 1.91 bits per heavy atom. The van der Waals surface area contributed by atoms with Crippen LogP contribution < -0.4 is 0 Å². The van der Waals surface area contributed by atoms with E-state index in [1.54, 1.807) is 0 Å². The minimum Gasteiger partial charge on any atom is -0.300 e. The molecule has 3 nitrogen and oxygen atoms in total. The molecule has 0 bridgehead atoms. The largest absolute Gasteiger partial charge is 0.300 e. The fraction of sp³-hybridized carbons (Fsp3) is 0.345. The van der Waals surface area contributed by atoms with Crippen molar-refractivity contribution in [1.29, 1.82) is 0 Å². The monoisotopic (exact) mass is 421 g/mol. The molecule has 1 fully saturated rings. The van der Waals surface area contributed by atoms with Crippen molar-refractivity contribution in [3.8, 4) is 0 Å². The maximum absolute atomic E-state index is 7.30. The van der Waals surface area contributed by atoms with Crippen LogP contribution in [0.5, 0.6) is 0 Å². The number of nitrogens with zero attached hydrogens (tertiary/aromatic N) is 3. The molecule has 3 heteroatoms. The van der Waals surface area contributed by atoms with Crippen molar-refractivity contribution in [1.82, 2.24) is 9.80 Å². The van der Waals surface area contributed by atoms with E-state index in [2.05, 4.69) is 87.4 Å². The zero-order valence-electron chi connectivity index (χ0n) is 18.7. The summed E-state index contributed by atoms with van der Waals surface area (Å²) in [6.07, 6.45) is 4.61. The third-order valence-corrected chi connectivity index (χ3v) is 7.27. The van der Waals surface area contributed by atoms with Gasteiger partial charge in [0, 0.05) is 32.2 Å². The predicted octanol–water partition coefficient (Wildman–Crippen LogP) is 5.89. The van der Waals surface area contributed by atoms with Gasteiger partial charge in [0.05, 0.1) is 12.6 Å². The van der Waals surface area contributed by atoms with Crippen molar-refractivity contribution in [3.63, 3.8) is 0 Å². The summed E-state index contributed by atoms with van der Waals surface area (Å²) in [6.45, 7) is 11.8. The van der Waals surface area contributed by atoms with Crippen LogP contribution in [0.2, 0.25) is 0 Å². The van der Waals surface area contributed by atoms with Gasteiger partial charge in [0.25, 0.3) is 0 Å². The van der Waals surface area contributed by atoms with E-state index in [1.807, 2.05) is 6.07 Å². The van der Waals surface area contributed by atoms with Gasteiger partial charge in [0.2, 0.25) is 0 Å². The van der Waals surface area contributed by atoms with Gasteiger partial charge >= 0.3 is 0 Å². The number of piperidine rings is 1. The van der Waals surface area contributed by atoms with E-state index in [0.29, 0.717) is 12.1 Å². The van der Waals surface area contributed by atoms with E-state index in [-0.39, 0.29) is 0 Å². The van der Waals surface area contributed by atoms with Crippen molar-refractivity contribution in [2.24, 2.45) is 0 Å². The molecule has 2 aliphatic rings. The van der Waals surface area contributed by atoms with E-state index < -0.39 is 0 Å². The quantitative estimate of drug-likeness (QED) is 0.486. The van der Waals surface area contributed by atoms with Gasteiger partial charge in [0.15, 0.2) is 5.69 Å². The van der Waals surface area contributed by atoms with Crippen LogP contribution >= 0.6 is 0 Å². The minimum absolute atomic E-state index is 0.332. The van der Waals surface area contributed by atoms with Crippen LogP contribution in [-0.2, 0) is 12.8 Å². The summed E-state index contributed by atoms with van der Waals surface area (Å²) in [5.41, 5.74) is 6.37. The van der Waals surface area contributed by atoms with Crippen molar-refractivity contribution >= 4 is 5.69 Å². The van der Waals surface area contributed by atoms with Crippen LogP contribution in [0.4, 0.5) is 5.69 Å². The lowest BCUT2D eigenvalue weighted by Crippen LogP contribution is -2.46. The lowest BCUT2D eigenvalue weighted by Gasteiger charge is -2.41. The Morgan fingerprint density at radius 1 is 0.719 bits per heavy atom. The summed E-state index contributed by atoms with van der Waals surface area (Å²) in [7, 11) is 0. The minimum atomic E-state index is 0.332. The predicted molar refractivity (Wildman–Crippen MR) is 131 cm³/mol. The standard InChI is InChI=1S/C29H31N3/c1-30-27-13-12-23-14-18-31(19-15-26(23)22-27)28-16-20-32(21-17-28)29(24-8-4-2-5-9-24)25-10-6-3-7-11-25/h2-13,22,28-29H,14-21H2. The summed E-state index contributed by atoms with van der Waals surface area (Å²) < 4.78 is 0. The molecule has 32 heavy (non-hydrogen) atoms. The number of hydrogen-bond donors (Lipinski definition) is 0. The fourth-order valence-electron chi connectivity index (χ4n) is 5.56. The summed E-state index contributed by atoms with van der Waals surface area (Å²) in [5, 5.41) is 0. The Balaban J connectivity index is 1.27. The molecule has 0 aromatic heterocycles. The number of rotatable bonds is 4. The first-order chi connectivity index (χ1) is 15.8. The SMILES string of the molecule is [C-]#[N+]c1ccc2c(c1)CCN(C1CCN(C(c3ccccc3)c3ccccc3)CC1)CC2. The highest BCUT2D eigenvalue weighted by molar-refractivity contribution is 5.50. The summed E-state index contributed by atoms with van der Waals surface area (Å²) in [5.74, 6) is 0. The van der Waals surface area contributed by atoms with Gasteiger partial charge in [0.1, 0.15) is 0 Å². The second-order valence-corrected chi connectivity index (χ2v) is 9.09. The molecule has 5 rings (SSSR count). The molecule has 3 aromatic carbocycles.